The lowest BCUT2D eigenvalue weighted by Gasteiger charge is -2.27. The fourth-order valence-electron chi connectivity index (χ4n) is 5.97. The van der Waals surface area contributed by atoms with Gasteiger partial charge in [0.1, 0.15) is 29.2 Å². The molecule has 1 N–H and O–H groups in total. The molecule has 45 heavy (non-hydrogen) atoms. The van der Waals surface area contributed by atoms with E-state index in [0.29, 0.717) is 40.9 Å². The highest BCUT2D eigenvalue weighted by Crippen LogP contribution is 2.46. The molecule has 1 aliphatic carbocycles. The summed E-state index contributed by atoms with van der Waals surface area (Å²) in [5.74, 6) is -0.401. The number of alkyl halides is 1. The second-order valence-corrected chi connectivity index (χ2v) is 12.9. The number of aromatic amines is 1. The van der Waals surface area contributed by atoms with Crippen molar-refractivity contribution in [3.63, 3.8) is 0 Å². The zero-order valence-corrected chi connectivity index (χ0v) is 25.9. The van der Waals surface area contributed by atoms with Gasteiger partial charge in [-0.2, -0.15) is 8.42 Å². The number of methoxy groups -OCH3 is 1. The van der Waals surface area contributed by atoms with E-state index in [1.165, 1.54) is 19.2 Å². The van der Waals surface area contributed by atoms with Crippen LogP contribution in [0.1, 0.15) is 58.6 Å². The van der Waals surface area contributed by atoms with Crippen molar-refractivity contribution in [2.24, 2.45) is 0 Å². The first-order chi connectivity index (χ1) is 21.7. The third kappa shape index (κ3) is 6.44. The Kier molecular flexibility index (Phi) is 8.63. The predicted octanol–water partition coefficient (Wildman–Crippen LogP) is 8.27. The van der Waals surface area contributed by atoms with E-state index in [1.54, 1.807) is 42.5 Å². The lowest BCUT2D eigenvalue weighted by atomic mass is 9.80. The van der Waals surface area contributed by atoms with Crippen LogP contribution in [0, 0.1) is 6.92 Å². The first kappa shape index (κ1) is 30.4. The maximum absolute atomic E-state index is 15.6. The number of benzene rings is 4. The highest BCUT2D eigenvalue weighted by molar-refractivity contribution is 7.87. The Morgan fingerprint density at radius 1 is 0.933 bits per heavy atom. The van der Waals surface area contributed by atoms with Crippen molar-refractivity contribution in [2.75, 3.05) is 7.11 Å². The molecule has 232 valence electrons. The summed E-state index contributed by atoms with van der Waals surface area (Å²) in [7, 11) is -2.79. The molecule has 1 heterocycles. The minimum absolute atomic E-state index is 0.0366. The van der Waals surface area contributed by atoms with Gasteiger partial charge in [0.2, 0.25) is 0 Å². The van der Waals surface area contributed by atoms with Crippen LogP contribution in [-0.4, -0.2) is 32.7 Å². The third-order valence-electron chi connectivity index (χ3n) is 8.29. The summed E-state index contributed by atoms with van der Waals surface area (Å²) in [5, 5.41) is 0.809. The zero-order valence-electron chi connectivity index (χ0n) is 25.1. The molecule has 6 rings (SSSR count). The molecule has 2 atom stereocenters. The number of carbonyl (C=O) groups is 1. The average Bonchev–Trinajstić information content (AvgIpc) is 3.42. The number of ether oxygens (including phenoxy) is 2. The fraction of sp³-hybridized carbons (Fsp3) is 0.250. The van der Waals surface area contributed by atoms with Gasteiger partial charge in [0, 0.05) is 28.5 Å². The van der Waals surface area contributed by atoms with E-state index < -0.39 is 22.3 Å². The molecule has 1 fully saturated rings. The van der Waals surface area contributed by atoms with Crippen molar-refractivity contribution >= 4 is 27.0 Å². The lowest BCUT2D eigenvalue weighted by molar-refractivity contribution is 0.0601. The number of nitrogens with one attached hydrogen (secondary N) is 1. The monoisotopic (exact) mass is 627 g/mol. The van der Waals surface area contributed by atoms with E-state index in [4.69, 9.17) is 13.7 Å². The molecule has 0 amide bonds. The number of hydrogen-bond acceptors (Lipinski definition) is 6. The van der Waals surface area contributed by atoms with Gasteiger partial charge < -0.3 is 18.6 Å². The van der Waals surface area contributed by atoms with Crippen molar-refractivity contribution in [2.45, 2.75) is 56.2 Å². The molecule has 0 unspecified atom stereocenters. The summed E-state index contributed by atoms with van der Waals surface area (Å²) in [6, 6.07) is 26.1. The molecule has 1 saturated carbocycles. The van der Waals surface area contributed by atoms with Crippen LogP contribution in [0.2, 0.25) is 0 Å². The highest BCUT2D eigenvalue weighted by atomic mass is 32.2. The van der Waals surface area contributed by atoms with Gasteiger partial charge in [0.25, 0.3) is 0 Å². The Bertz CT molecular complexity index is 1940. The quantitative estimate of drug-likeness (QED) is 0.131. The van der Waals surface area contributed by atoms with Gasteiger partial charge in [0.05, 0.1) is 18.4 Å². The number of aromatic nitrogens is 1. The number of fused-ring (bicyclic) bond motifs is 1. The molecule has 7 nitrogen and oxygen atoms in total. The topological polar surface area (TPSA) is 94.7 Å². The van der Waals surface area contributed by atoms with Crippen LogP contribution in [0.25, 0.3) is 22.2 Å². The second-order valence-electron chi connectivity index (χ2n) is 11.4. The summed E-state index contributed by atoms with van der Waals surface area (Å²) >= 11 is 0. The number of rotatable bonds is 9. The number of esters is 1. The predicted molar refractivity (Wildman–Crippen MR) is 171 cm³/mol. The minimum Gasteiger partial charge on any atom is -0.488 e. The van der Waals surface area contributed by atoms with Crippen LogP contribution in [0.3, 0.4) is 0 Å². The smallest absolute Gasteiger partial charge is 0.339 e. The van der Waals surface area contributed by atoms with Gasteiger partial charge in [-0.15, -0.1) is 0 Å². The molecule has 4 aromatic carbocycles. The molecule has 0 radical (unpaired) electrons. The molecule has 0 spiro atoms. The van der Waals surface area contributed by atoms with Gasteiger partial charge in [-0.3, -0.25) is 0 Å². The number of halogens is 1. The van der Waals surface area contributed by atoms with Gasteiger partial charge in [0.15, 0.2) is 0 Å². The molecular weight excluding hydrogens is 593 g/mol. The van der Waals surface area contributed by atoms with E-state index in [1.807, 2.05) is 43.3 Å². The van der Waals surface area contributed by atoms with Crippen LogP contribution in [0.15, 0.2) is 95.9 Å². The van der Waals surface area contributed by atoms with Crippen molar-refractivity contribution in [1.29, 1.82) is 0 Å². The summed E-state index contributed by atoms with van der Waals surface area (Å²) in [6.07, 6.45) is 1.84. The van der Waals surface area contributed by atoms with Crippen molar-refractivity contribution in [1.82, 2.24) is 4.98 Å². The molecule has 5 aromatic rings. The average molecular weight is 628 g/mol. The zero-order chi connectivity index (χ0) is 31.6. The molecule has 9 heteroatoms. The van der Waals surface area contributed by atoms with Crippen LogP contribution in [0.4, 0.5) is 4.39 Å². The Labute approximate surface area is 262 Å². The van der Waals surface area contributed by atoms with Gasteiger partial charge in [-0.05, 0) is 67.3 Å². The molecule has 1 aliphatic rings. The second kappa shape index (κ2) is 12.8. The van der Waals surface area contributed by atoms with Gasteiger partial charge in [-0.25, -0.2) is 9.18 Å². The Morgan fingerprint density at radius 2 is 1.69 bits per heavy atom. The van der Waals surface area contributed by atoms with Crippen molar-refractivity contribution in [3.8, 4) is 22.8 Å². The molecule has 1 aromatic heterocycles. The van der Waals surface area contributed by atoms with Crippen molar-refractivity contribution in [3.05, 3.63) is 113 Å². The first-order valence-corrected chi connectivity index (χ1v) is 16.3. The SMILES string of the molecule is COC(=O)c1ccc2c([C@H]3CCCC[C@@H]3F)c(-c3ccc(OS(=O)(=O)c4ccc(C)cc4)cc3OCc3ccccc3)[nH]c2c1. The maximum atomic E-state index is 15.6. The summed E-state index contributed by atoms with van der Waals surface area (Å²) in [5.41, 5.74) is 4.95. The van der Waals surface area contributed by atoms with Crippen LogP contribution in [-0.2, 0) is 21.5 Å². The molecule has 0 aliphatic heterocycles. The number of H-pyrrole nitrogens is 1. The summed E-state index contributed by atoms with van der Waals surface area (Å²) in [6.45, 7) is 2.08. The van der Waals surface area contributed by atoms with Crippen LogP contribution in [0.5, 0.6) is 11.5 Å². The first-order valence-electron chi connectivity index (χ1n) is 14.9. The standard InChI is InChI=1S/C36H34FNO6S/c1-23-12-16-27(17-13-23)45(40,41)44-26-15-19-30(33(21-26)43-22-24-8-4-3-5-9-24)35-34(28-10-6-7-11-31(28)37)29-18-14-25(36(39)42-2)20-32(29)38-35/h3-5,8-9,12-21,28,31,38H,6-7,10-11,22H2,1-2H3/t28-,31-/m0/s1. The Morgan fingerprint density at radius 3 is 2.42 bits per heavy atom. The third-order valence-corrected chi connectivity index (χ3v) is 9.55. The molecular formula is C36H34FNO6S. The normalized spacial score (nSPS) is 16.8. The van der Waals surface area contributed by atoms with E-state index in [2.05, 4.69) is 4.98 Å². The lowest BCUT2D eigenvalue weighted by Crippen LogP contribution is -2.19. The van der Waals surface area contributed by atoms with Gasteiger partial charge in [-0.1, -0.05) is 66.9 Å². The van der Waals surface area contributed by atoms with E-state index in [-0.39, 0.29) is 23.2 Å². The van der Waals surface area contributed by atoms with E-state index in [9.17, 15) is 13.2 Å². The van der Waals surface area contributed by atoms with Gasteiger partial charge >= 0.3 is 16.1 Å². The van der Waals surface area contributed by atoms with E-state index in [0.717, 1.165) is 34.9 Å². The van der Waals surface area contributed by atoms with Crippen LogP contribution >= 0.6 is 0 Å². The number of hydrogen-bond donors (Lipinski definition) is 1. The molecule has 0 bridgehead atoms. The Balaban J connectivity index is 1.48. The van der Waals surface area contributed by atoms with E-state index >= 15 is 4.39 Å². The summed E-state index contributed by atoms with van der Waals surface area (Å²) < 4.78 is 58.7. The largest absolute Gasteiger partial charge is 0.488 e. The fourth-order valence-corrected chi connectivity index (χ4v) is 6.89. The van der Waals surface area contributed by atoms with Crippen LogP contribution < -0.4 is 8.92 Å². The Hall–Kier alpha value is -4.63. The molecule has 0 saturated heterocycles. The maximum Gasteiger partial charge on any atom is 0.339 e. The highest BCUT2D eigenvalue weighted by Gasteiger charge is 2.32. The number of carbonyl (C=O) groups excluding carboxylic acids is 1. The summed E-state index contributed by atoms with van der Waals surface area (Å²) in [4.78, 5) is 15.8. The minimum atomic E-state index is -4.12. The number of aryl methyl sites for hydroxylation is 1. The van der Waals surface area contributed by atoms with Crippen molar-refractivity contribution < 1.29 is 31.3 Å².